The summed E-state index contributed by atoms with van der Waals surface area (Å²) >= 11 is 0. The molecule has 0 N–H and O–H groups in total. The van der Waals surface area contributed by atoms with Gasteiger partial charge in [-0.1, -0.05) is 0 Å². The topological polar surface area (TPSA) is 63.2 Å². The summed E-state index contributed by atoms with van der Waals surface area (Å²) < 4.78 is 5.05. The minimum absolute atomic E-state index is 0.0739. The van der Waals surface area contributed by atoms with Crippen LogP contribution in [0.5, 0.6) is 0 Å². The summed E-state index contributed by atoms with van der Waals surface area (Å²) in [5, 5.41) is 0. The van der Waals surface area contributed by atoms with Crippen molar-refractivity contribution in [2.24, 2.45) is 5.92 Å². The van der Waals surface area contributed by atoms with Crippen LogP contribution in [0.15, 0.2) is 0 Å². The zero-order valence-corrected chi connectivity index (χ0v) is 11.9. The first kappa shape index (κ1) is 14.3. The predicted octanol–water partition coefficient (Wildman–Crippen LogP) is 2.62. The van der Waals surface area contributed by atoms with E-state index in [4.69, 9.17) is 24.3 Å². The SMILES string of the molecule is CCOC(=O)C1CCC2(CC1)OOC1(CCCC1)OO2. The van der Waals surface area contributed by atoms with Gasteiger partial charge in [-0.05, 0) is 32.6 Å². The van der Waals surface area contributed by atoms with Crippen LogP contribution >= 0.6 is 0 Å². The quantitative estimate of drug-likeness (QED) is 0.574. The fraction of sp³-hybridized carbons (Fsp3) is 0.929. The molecular weight excluding hydrogens is 264 g/mol. The zero-order valence-electron chi connectivity index (χ0n) is 11.9. The van der Waals surface area contributed by atoms with Crippen LogP contribution in [0, 0.1) is 5.92 Å². The Morgan fingerprint density at radius 2 is 1.50 bits per heavy atom. The lowest BCUT2D eigenvalue weighted by molar-refractivity contribution is -0.659. The molecule has 0 aromatic heterocycles. The second-order valence-corrected chi connectivity index (χ2v) is 5.89. The highest BCUT2D eigenvalue weighted by Crippen LogP contribution is 2.45. The molecular formula is C14H22O6. The Balaban J connectivity index is 1.52. The van der Waals surface area contributed by atoms with Gasteiger partial charge in [0, 0.05) is 25.7 Å². The number of rotatable bonds is 2. The Labute approximate surface area is 118 Å². The van der Waals surface area contributed by atoms with Crippen LogP contribution in [0.1, 0.15) is 58.3 Å². The molecule has 3 fully saturated rings. The Bertz CT molecular complexity index is 343. The monoisotopic (exact) mass is 286 g/mol. The molecule has 3 aliphatic rings. The zero-order chi connectivity index (χ0) is 14.1. The number of ether oxygens (including phenoxy) is 1. The molecule has 1 saturated heterocycles. The number of hydrogen-bond acceptors (Lipinski definition) is 6. The van der Waals surface area contributed by atoms with Crippen LogP contribution in [0.25, 0.3) is 0 Å². The molecule has 0 bridgehead atoms. The molecule has 0 atom stereocenters. The molecule has 0 aromatic rings. The summed E-state index contributed by atoms with van der Waals surface area (Å²) in [6.07, 6.45) is 6.20. The largest absolute Gasteiger partial charge is 0.466 e. The van der Waals surface area contributed by atoms with Crippen molar-refractivity contribution >= 4 is 5.97 Å². The Morgan fingerprint density at radius 1 is 1.00 bits per heavy atom. The van der Waals surface area contributed by atoms with Gasteiger partial charge in [-0.3, -0.25) is 4.79 Å². The van der Waals surface area contributed by atoms with E-state index in [2.05, 4.69) is 0 Å². The van der Waals surface area contributed by atoms with Crippen molar-refractivity contribution in [3.05, 3.63) is 0 Å². The maximum atomic E-state index is 11.7. The molecule has 6 nitrogen and oxygen atoms in total. The molecule has 2 spiro atoms. The van der Waals surface area contributed by atoms with Crippen molar-refractivity contribution < 1.29 is 29.1 Å². The first-order valence-corrected chi connectivity index (χ1v) is 7.57. The molecule has 2 aliphatic carbocycles. The van der Waals surface area contributed by atoms with Crippen LogP contribution in [0.3, 0.4) is 0 Å². The number of carbonyl (C=O) groups excluding carboxylic acids is 1. The first-order chi connectivity index (χ1) is 9.67. The molecule has 1 heterocycles. The first-order valence-electron chi connectivity index (χ1n) is 7.57. The third-order valence-electron chi connectivity index (χ3n) is 4.42. The van der Waals surface area contributed by atoms with E-state index in [0.29, 0.717) is 32.3 Å². The van der Waals surface area contributed by atoms with Crippen LogP contribution in [-0.2, 0) is 29.1 Å². The van der Waals surface area contributed by atoms with Gasteiger partial charge >= 0.3 is 5.97 Å². The predicted molar refractivity (Wildman–Crippen MR) is 66.9 cm³/mol. The highest BCUT2D eigenvalue weighted by atomic mass is 17.4. The molecule has 0 amide bonds. The molecule has 6 heteroatoms. The van der Waals surface area contributed by atoms with Gasteiger partial charge in [0.15, 0.2) is 0 Å². The fourth-order valence-electron chi connectivity index (χ4n) is 3.13. The lowest BCUT2D eigenvalue weighted by Gasteiger charge is -2.44. The van der Waals surface area contributed by atoms with Crippen molar-refractivity contribution in [3.63, 3.8) is 0 Å². The standard InChI is InChI=1S/C14H22O6/c1-2-16-12(15)11-5-9-14(10-6-11)19-17-13(18-20-14)7-3-4-8-13/h11H,2-10H2,1H3. The van der Waals surface area contributed by atoms with E-state index in [9.17, 15) is 4.79 Å². The summed E-state index contributed by atoms with van der Waals surface area (Å²) in [7, 11) is 0. The van der Waals surface area contributed by atoms with Crippen molar-refractivity contribution in [2.45, 2.75) is 69.9 Å². The highest BCUT2D eigenvalue weighted by Gasteiger charge is 2.52. The second-order valence-electron chi connectivity index (χ2n) is 5.89. The highest BCUT2D eigenvalue weighted by molar-refractivity contribution is 5.72. The lowest BCUT2D eigenvalue weighted by Crippen LogP contribution is -2.51. The van der Waals surface area contributed by atoms with E-state index >= 15 is 0 Å². The minimum Gasteiger partial charge on any atom is -0.466 e. The molecule has 114 valence electrons. The summed E-state index contributed by atoms with van der Waals surface area (Å²) in [6, 6.07) is 0. The van der Waals surface area contributed by atoms with Gasteiger partial charge in [-0.15, -0.1) is 0 Å². The number of esters is 1. The maximum absolute atomic E-state index is 11.7. The van der Waals surface area contributed by atoms with Crippen LogP contribution in [-0.4, -0.2) is 24.2 Å². The number of hydrogen-bond donors (Lipinski definition) is 0. The van der Waals surface area contributed by atoms with Crippen molar-refractivity contribution in [3.8, 4) is 0 Å². The minimum atomic E-state index is -0.850. The molecule has 0 radical (unpaired) electrons. The van der Waals surface area contributed by atoms with Gasteiger partial charge in [0.05, 0.1) is 12.5 Å². The van der Waals surface area contributed by atoms with Gasteiger partial charge in [0.2, 0.25) is 11.6 Å². The van der Waals surface area contributed by atoms with Crippen molar-refractivity contribution in [2.75, 3.05) is 6.61 Å². The molecule has 3 rings (SSSR count). The number of carbonyl (C=O) groups is 1. The lowest BCUT2D eigenvalue weighted by atomic mass is 9.85. The van der Waals surface area contributed by atoms with E-state index in [1.54, 1.807) is 0 Å². The second kappa shape index (κ2) is 5.60. The van der Waals surface area contributed by atoms with Crippen LogP contribution < -0.4 is 0 Å². The maximum Gasteiger partial charge on any atom is 0.308 e. The summed E-state index contributed by atoms with van der Waals surface area (Å²) in [5.74, 6) is -1.76. The Morgan fingerprint density at radius 3 is 2.00 bits per heavy atom. The van der Waals surface area contributed by atoms with Crippen molar-refractivity contribution in [1.29, 1.82) is 0 Å². The third kappa shape index (κ3) is 2.70. The van der Waals surface area contributed by atoms with E-state index in [1.807, 2.05) is 6.92 Å². The van der Waals surface area contributed by atoms with E-state index in [0.717, 1.165) is 25.7 Å². The average Bonchev–Trinajstić information content (AvgIpc) is 2.93. The summed E-state index contributed by atoms with van der Waals surface area (Å²) in [4.78, 5) is 33.8. The Kier molecular flexibility index (Phi) is 3.99. The summed E-state index contributed by atoms with van der Waals surface area (Å²) in [6.45, 7) is 2.24. The normalized spacial score (nSPS) is 28.9. The van der Waals surface area contributed by atoms with Gasteiger partial charge in [0.25, 0.3) is 0 Å². The van der Waals surface area contributed by atoms with Gasteiger partial charge in [-0.2, -0.15) is 19.6 Å². The van der Waals surface area contributed by atoms with Gasteiger partial charge in [-0.25, -0.2) is 0 Å². The smallest absolute Gasteiger partial charge is 0.308 e. The van der Waals surface area contributed by atoms with Crippen LogP contribution in [0.4, 0.5) is 0 Å². The molecule has 0 aromatic carbocycles. The average molecular weight is 286 g/mol. The summed E-state index contributed by atoms with van der Waals surface area (Å²) in [5.41, 5.74) is 0. The Hall–Kier alpha value is -0.690. The fourth-order valence-corrected chi connectivity index (χ4v) is 3.13. The molecule has 0 unspecified atom stereocenters. The van der Waals surface area contributed by atoms with E-state index < -0.39 is 11.6 Å². The van der Waals surface area contributed by atoms with Gasteiger partial charge < -0.3 is 4.74 Å². The third-order valence-corrected chi connectivity index (χ3v) is 4.42. The molecule has 1 aliphatic heterocycles. The molecule has 20 heavy (non-hydrogen) atoms. The van der Waals surface area contributed by atoms with E-state index in [1.165, 1.54) is 0 Å². The van der Waals surface area contributed by atoms with Gasteiger partial charge in [0.1, 0.15) is 0 Å². The molecule has 2 saturated carbocycles. The van der Waals surface area contributed by atoms with Crippen LogP contribution in [0.2, 0.25) is 0 Å². The van der Waals surface area contributed by atoms with Crippen molar-refractivity contribution in [1.82, 2.24) is 0 Å². The van der Waals surface area contributed by atoms with E-state index in [-0.39, 0.29) is 11.9 Å².